The van der Waals surface area contributed by atoms with Crippen LogP contribution in [-0.2, 0) is 9.59 Å². The molecule has 1 unspecified atom stereocenters. The molecule has 0 heterocycles. The van der Waals surface area contributed by atoms with E-state index in [0.717, 1.165) is 0 Å². The van der Waals surface area contributed by atoms with Gasteiger partial charge in [-0.2, -0.15) is 0 Å². The summed E-state index contributed by atoms with van der Waals surface area (Å²) >= 11 is 0. The molecular weight excluding hydrogens is 226 g/mol. The van der Waals surface area contributed by atoms with E-state index in [1.807, 2.05) is 0 Å². The Morgan fingerprint density at radius 3 is 2.24 bits per heavy atom. The number of carboxylic acids is 2. The Labute approximate surface area is 97.6 Å². The predicted molar refractivity (Wildman–Crippen MR) is 59.1 cm³/mol. The molecule has 92 valence electrons. The molecule has 1 aliphatic carbocycles. The highest BCUT2D eigenvalue weighted by molar-refractivity contribution is 5.92. The summed E-state index contributed by atoms with van der Waals surface area (Å²) in [6.45, 7) is 4.50. The van der Waals surface area contributed by atoms with Crippen LogP contribution < -0.4 is 0 Å². The fourth-order valence-electron chi connectivity index (χ4n) is 2.17. The molecule has 0 saturated heterocycles. The molecule has 6 nitrogen and oxygen atoms in total. The van der Waals surface area contributed by atoms with E-state index in [2.05, 4.69) is 5.18 Å². The van der Waals surface area contributed by atoms with Gasteiger partial charge in [-0.25, -0.2) is 4.79 Å². The van der Waals surface area contributed by atoms with Crippen LogP contribution in [0.15, 0.2) is 28.1 Å². The number of hydrogen-bond acceptors (Lipinski definition) is 4. The fraction of sp³-hybridized carbons (Fsp3) is 0.455. The average molecular weight is 239 g/mol. The highest BCUT2D eigenvalue weighted by Gasteiger charge is 2.44. The Morgan fingerprint density at radius 2 is 1.88 bits per heavy atom. The van der Waals surface area contributed by atoms with Crippen molar-refractivity contribution in [2.45, 2.75) is 20.8 Å². The van der Waals surface area contributed by atoms with Crippen molar-refractivity contribution in [1.29, 1.82) is 0 Å². The molecule has 0 aromatic heterocycles. The van der Waals surface area contributed by atoms with Crippen LogP contribution in [0.2, 0.25) is 0 Å². The van der Waals surface area contributed by atoms with Gasteiger partial charge < -0.3 is 10.2 Å². The summed E-state index contributed by atoms with van der Waals surface area (Å²) in [4.78, 5) is 32.9. The minimum Gasteiger partial charge on any atom is -0.481 e. The number of nitrogens with zero attached hydrogens (tertiary/aromatic N) is 1. The second-order valence-electron chi connectivity index (χ2n) is 4.49. The lowest BCUT2D eigenvalue weighted by Crippen LogP contribution is -2.37. The summed E-state index contributed by atoms with van der Waals surface area (Å²) in [6, 6.07) is 0. The van der Waals surface area contributed by atoms with Gasteiger partial charge in [-0.05, 0) is 23.7 Å². The van der Waals surface area contributed by atoms with E-state index in [0.29, 0.717) is 0 Å². The molecule has 1 atom stereocenters. The molecule has 0 aliphatic heterocycles. The monoisotopic (exact) mass is 239 g/mol. The molecule has 6 heteroatoms. The standard InChI is InChI=1S/C11H13NO5/c1-5-7(12-17)4-6(9(13)14)11(2,3)8(5)10(15)16/h4,6H,1-3H3,(H,13,14)(H,15,16). The normalized spacial score (nSPS) is 23.0. The molecule has 0 radical (unpaired) electrons. The summed E-state index contributed by atoms with van der Waals surface area (Å²) in [5.41, 5.74) is -1.07. The van der Waals surface area contributed by atoms with E-state index >= 15 is 0 Å². The number of carbonyl (C=O) groups is 2. The molecule has 2 N–H and O–H groups in total. The summed E-state index contributed by atoms with van der Waals surface area (Å²) in [5, 5.41) is 20.9. The van der Waals surface area contributed by atoms with Gasteiger partial charge in [-0.1, -0.05) is 13.8 Å². The van der Waals surface area contributed by atoms with Gasteiger partial charge in [0.05, 0.1) is 5.92 Å². The van der Waals surface area contributed by atoms with Crippen molar-refractivity contribution in [1.82, 2.24) is 0 Å². The first kappa shape index (κ1) is 13.1. The van der Waals surface area contributed by atoms with Gasteiger partial charge >= 0.3 is 11.9 Å². The minimum absolute atomic E-state index is 0.0815. The van der Waals surface area contributed by atoms with Crippen LogP contribution in [0, 0.1) is 16.2 Å². The van der Waals surface area contributed by atoms with Gasteiger partial charge in [-0.3, -0.25) is 4.79 Å². The van der Waals surface area contributed by atoms with E-state index in [9.17, 15) is 14.5 Å². The third-order valence-electron chi connectivity index (χ3n) is 3.08. The first-order valence-corrected chi connectivity index (χ1v) is 4.96. The highest BCUT2D eigenvalue weighted by atomic mass is 16.4. The van der Waals surface area contributed by atoms with Gasteiger partial charge in [0.2, 0.25) is 0 Å². The lowest BCUT2D eigenvalue weighted by molar-refractivity contribution is -0.143. The van der Waals surface area contributed by atoms with Crippen molar-refractivity contribution in [3.05, 3.63) is 27.8 Å². The lowest BCUT2D eigenvalue weighted by Gasteiger charge is -2.34. The van der Waals surface area contributed by atoms with Crippen LogP contribution in [0.25, 0.3) is 0 Å². The van der Waals surface area contributed by atoms with Crippen molar-refractivity contribution in [2.24, 2.45) is 16.5 Å². The second kappa shape index (κ2) is 4.12. The molecule has 0 aromatic carbocycles. The minimum atomic E-state index is -1.23. The summed E-state index contributed by atoms with van der Waals surface area (Å²) in [7, 11) is 0. The lowest BCUT2D eigenvalue weighted by atomic mass is 9.67. The molecule has 0 amide bonds. The smallest absolute Gasteiger partial charge is 0.332 e. The third kappa shape index (κ3) is 1.98. The van der Waals surface area contributed by atoms with Gasteiger partial charge in [0.1, 0.15) is 5.70 Å². The predicted octanol–water partition coefficient (Wildman–Crippen LogP) is 1.78. The van der Waals surface area contributed by atoms with Crippen LogP contribution in [0.1, 0.15) is 20.8 Å². The van der Waals surface area contributed by atoms with Crippen molar-refractivity contribution < 1.29 is 19.8 Å². The number of aliphatic carboxylic acids is 2. The number of carboxylic acid groups (broad SMARTS) is 2. The van der Waals surface area contributed by atoms with E-state index in [1.54, 1.807) is 0 Å². The Balaban J connectivity index is 3.51. The maximum absolute atomic E-state index is 11.2. The summed E-state index contributed by atoms with van der Waals surface area (Å²) < 4.78 is 0. The molecule has 17 heavy (non-hydrogen) atoms. The molecule has 1 aliphatic rings. The summed E-state index contributed by atoms with van der Waals surface area (Å²) in [6.07, 6.45) is 1.21. The number of hydrogen-bond donors (Lipinski definition) is 2. The zero-order chi connectivity index (χ0) is 13.4. The Bertz CT molecular complexity index is 458. The molecule has 0 aromatic rings. The summed E-state index contributed by atoms with van der Waals surface area (Å²) in [5.74, 6) is -3.49. The van der Waals surface area contributed by atoms with Crippen molar-refractivity contribution in [2.75, 3.05) is 0 Å². The molecule has 0 bridgehead atoms. The SMILES string of the molecule is CC1=C(C(=O)O)C(C)(C)C(C(=O)O)C=C1N=O. The van der Waals surface area contributed by atoms with Crippen LogP contribution >= 0.6 is 0 Å². The van der Waals surface area contributed by atoms with Crippen molar-refractivity contribution in [3.63, 3.8) is 0 Å². The average Bonchev–Trinajstić information content (AvgIpc) is 2.15. The number of nitroso groups, excluding NO2 is 1. The molecular formula is C11H13NO5. The maximum atomic E-state index is 11.2. The molecule has 0 saturated carbocycles. The number of rotatable bonds is 3. The van der Waals surface area contributed by atoms with Crippen LogP contribution in [0.4, 0.5) is 0 Å². The second-order valence-corrected chi connectivity index (χ2v) is 4.49. The van der Waals surface area contributed by atoms with E-state index < -0.39 is 23.3 Å². The Hall–Kier alpha value is -1.98. The van der Waals surface area contributed by atoms with Crippen LogP contribution in [0.3, 0.4) is 0 Å². The maximum Gasteiger partial charge on any atom is 0.332 e. The number of allylic oxidation sites excluding steroid dienone is 1. The first-order chi connectivity index (χ1) is 7.73. The van der Waals surface area contributed by atoms with Gasteiger partial charge in [-0.15, -0.1) is 4.91 Å². The third-order valence-corrected chi connectivity index (χ3v) is 3.08. The molecule has 1 rings (SSSR count). The topological polar surface area (TPSA) is 104 Å². The quantitative estimate of drug-likeness (QED) is 0.730. The molecule has 0 spiro atoms. The fourth-order valence-corrected chi connectivity index (χ4v) is 2.17. The van der Waals surface area contributed by atoms with Gasteiger partial charge in [0.15, 0.2) is 0 Å². The van der Waals surface area contributed by atoms with Crippen molar-refractivity contribution in [3.8, 4) is 0 Å². The van der Waals surface area contributed by atoms with E-state index in [4.69, 9.17) is 10.2 Å². The Kier molecular flexibility index (Phi) is 3.17. The van der Waals surface area contributed by atoms with Gasteiger partial charge in [0.25, 0.3) is 0 Å². The van der Waals surface area contributed by atoms with E-state index in [1.165, 1.54) is 26.8 Å². The Morgan fingerprint density at radius 1 is 1.35 bits per heavy atom. The van der Waals surface area contributed by atoms with Crippen molar-refractivity contribution >= 4 is 11.9 Å². The zero-order valence-electron chi connectivity index (χ0n) is 9.72. The van der Waals surface area contributed by atoms with E-state index in [-0.39, 0.29) is 16.8 Å². The first-order valence-electron chi connectivity index (χ1n) is 4.96. The van der Waals surface area contributed by atoms with Crippen LogP contribution in [0.5, 0.6) is 0 Å². The zero-order valence-corrected chi connectivity index (χ0v) is 9.72. The van der Waals surface area contributed by atoms with Crippen LogP contribution in [-0.4, -0.2) is 22.2 Å². The van der Waals surface area contributed by atoms with Gasteiger partial charge in [0, 0.05) is 11.0 Å². The largest absolute Gasteiger partial charge is 0.481 e. The molecule has 0 fully saturated rings. The highest BCUT2D eigenvalue weighted by Crippen LogP contribution is 2.44.